The number of hydrogen-bond donors (Lipinski definition) is 0. The van der Waals surface area contributed by atoms with E-state index in [1.54, 1.807) is 23.0 Å². The lowest BCUT2D eigenvalue weighted by Gasteiger charge is -2.32. The number of benzene rings is 1. The van der Waals surface area contributed by atoms with Crippen molar-refractivity contribution in [3.05, 3.63) is 33.9 Å². The molecule has 2 aliphatic rings. The minimum atomic E-state index is -3.77. The van der Waals surface area contributed by atoms with Crippen LogP contribution >= 0.6 is 11.8 Å². The molecule has 0 radical (unpaired) electrons. The zero-order chi connectivity index (χ0) is 18.7. The zero-order valence-corrected chi connectivity index (χ0v) is 16.6. The maximum absolute atomic E-state index is 13.4. The van der Waals surface area contributed by atoms with Gasteiger partial charge in [-0.3, -0.25) is 10.1 Å². The third kappa shape index (κ3) is 4.21. The predicted octanol–water partition coefficient (Wildman–Crippen LogP) is 2.50. The summed E-state index contributed by atoms with van der Waals surface area (Å²) in [4.78, 5) is 13.0. The Hall–Kier alpha value is -1.16. The van der Waals surface area contributed by atoms with Gasteiger partial charge in [-0.05, 0) is 50.6 Å². The lowest BCUT2D eigenvalue weighted by Crippen LogP contribution is -2.47. The Labute approximate surface area is 158 Å². The molecule has 0 aliphatic carbocycles. The SMILES string of the molecule is Cc1ccc([N+](=O)[O-])cc1S(=O)(=O)N1CCCSCC1CN1CCCC1. The lowest BCUT2D eigenvalue weighted by molar-refractivity contribution is -0.385. The number of sulfonamides is 1. The topological polar surface area (TPSA) is 83.8 Å². The van der Waals surface area contributed by atoms with Gasteiger partial charge in [-0.15, -0.1) is 0 Å². The Morgan fingerprint density at radius 3 is 2.65 bits per heavy atom. The number of aryl methyl sites for hydroxylation is 1. The van der Waals surface area contributed by atoms with Crippen molar-refractivity contribution in [1.29, 1.82) is 0 Å². The summed E-state index contributed by atoms with van der Waals surface area (Å²) in [5, 5.41) is 11.1. The number of thioether (sulfide) groups is 1. The minimum absolute atomic E-state index is 0.0602. The fraction of sp³-hybridized carbons (Fsp3) is 0.647. The van der Waals surface area contributed by atoms with Gasteiger partial charge in [0.05, 0.1) is 9.82 Å². The van der Waals surface area contributed by atoms with Crippen LogP contribution in [-0.2, 0) is 10.0 Å². The number of non-ortho nitro benzene ring substituents is 1. The average molecular weight is 400 g/mol. The van der Waals surface area contributed by atoms with Crippen LogP contribution in [0.15, 0.2) is 23.1 Å². The smallest absolute Gasteiger partial charge is 0.270 e. The van der Waals surface area contributed by atoms with Gasteiger partial charge in [0.1, 0.15) is 0 Å². The Morgan fingerprint density at radius 1 is 1.23 bits per heavy atom. The van der Waals surface area contributed by atoms with Gasteiger partial charge in [0.25, 0.3) is 5.69 Å². The van der Waals surface area contributed by atoms with Crippen molar-refractivity contribution in [3.8, 4) is 0 Å². The molecular formula is C17H25N3O4S2. The van der Waals surface area contributed by atoms with Crippen molar-refractivity contribution in [1.82, 2.24) is 9.21 Å². The van der Waals surface area contributed by atoms with Crippen LogP contribution in [0.3, 0.4) is 0 Å². The van der Waals surface area contributed by atoms with Gasteiger partial charge < -0.3 is 4.90 Å². The van der Waals surface area contributed by atoms with Crippen LogP contribution in [0.25, 0.3) is 0 Å². The summed E-state index contributed by atoms with van der Waals surface area (Å²) in [6.45, 7) is 4.94. The van der Waals surface area contributed by atoms with Crippen molar-refractivity contribution >= 4 is 27.5 Å². The molecule has 0 N–H and O–H groups in total. The molecule has 7 nitrogen and oxygen atoms in total. The fourth-order valence-electron chi connectivity index (χ4n) is 3.64. The lowest BCUT2D eigenvalue weighted by atomic mass is 10.2. The summed E-state index contributed by atoms with van der Waals surface area (Å²) < 4.78 is 28.4. The van der Waals surface area contributed by atoms with Crippen molar-refractivity contribution in [2.75, 3.05) is 37.7 Å². The number of likely N-dealkylation sites (tertiary alicyclic amines) is 1. The highest BCUT2D eigenvalue weighted by molar-refractivity contribution is 7.99. The minimum Gasteiger partial charge on any atom is -0.302 e. The van der Waals surface area contributed by atoms with Crippen molar-refractivity contribution in [2.24, 2.45) is 0 Å². The molecule has 0 bridgehead atoms. The first kappa shape index (κ1) is 19.6. The standard InChI is InChI=1S/C17H25N3O4S2/c1-14-5-6-15(20(21)22)11-17(14)26(23,24)19-9-4-10-25-13-16(19)12-18-7-2-3-8-18/h5-6,11,16H,2-4,7-10,12-13H2,1H3. The van der Waals surface area contributed by atoms with Gasteiger partial charge in [0.2, 0.25) is 10.0 Å². The highest BCUT2D eigenvalue weighted by Gasteiger charge is 2.35. The van der Waals surface area contributed by atoms with E-state index in [1.807, 2.05) is 0 Å². The first-order valence-corrected chi connectivity index (χ1v) is 11.6. The zero-order valence-electron chi connectivity index (χ0n) is 15.0. The molecule has 2 saturated heterocycles. The summed E-state index contributed by atoms with van der Waals surface area (Å²) in [5.74, 6) is 1.71. The van der Waals surface area contributed by atoms with E-state index < -0.39 is 14.9 Å². The summed E-state index contributed by atoms with van der Waals surface area (Å²) in [7, 11) is -3.77. The van der Waals surface area contributed by atoms with Crippen LogP contribution in [0.4, 0.5) is 5.69 Å². The van der Waals surface area contributed by atoms with Crippen LogP contribution in [0.2, 0.25) is 0 Å². The molecule has 1 unspecified atom stereocenters. The Morgan fingerprint density at radius 2 is 1.96 bits per heavy atom. The molecule has 2 aliphatic heterocycles. The van der Waals surface area contributed by atoms with E-state index in [0.29, 0.717) is 12.1 Å². The molecular weight excluding hydrogens is 374 g/mol. The van der Waals surface area contributed by atoms with E-state index in [4.69, 9.17) is 0 Å². The normalized spacial score (nSPS) is 23.0. The van der Waals surface area contributed by atoms with Gasteiger partial charge in [-0.1, -0.05) is 6.07 Å². The van der Waals surface area contributed by atoms with E-state index in [1.165, 1.54) is 18.2 Å². The molecule has 2 heterocycles. The van der Waals surface area contributed by atoms with Gasteiger partial charge in [-0.25, -0.2) is 8.42 Å². The molecule has 0 spiro atoms. The van der Waals surface area contributed by atoms with E-state index >= 15 is 0 Å². The average Bonchev–Trinajstić information content (AvgIpc) is 2.98. The molecule has 9 heteroatoms. The maximum atomic E-state index is 13.4. The first-order chi connectivity index (χ1) is 12.4. The van der Waals surface area contributed by atoms with E-state index in [0.717, 1.165) is 50.4 Å². The molecule has 144 valence electrons. The first-order valence-electron chi connectivity index (χ1n) is 8.96. The summed E-state index contributed by atoms with van der Waals surface area (Å²) in [6.07, 6.45) is 3.13. The van der Waals surface area contributed by atoms with Gasteiger partial charge in [0, 0.05) is 37.0 Å². The van der Waals surface area contributed by atoms with E-state index in [-0.39, 0.29) is 16.6 Å². The quantitative estimate of drug-likeness (QED) is 0.559. The van der Waals surface area contributed by atoms with Crippen LogP contribution in [0.5, 0.6) is 0 Å². The van der Waals surface area contributed by atoms with Gasteiger partial charge >= 0.3 is 0 Å². The Kier molecular flexibility index (Phi) is 6.21. The Bertz CT molecular complexity index is 763. The highest BCUT2D eigenvalue weighted by Crippen LogP contribution is 2.29. The molecule has 26 heavy (non-hydrogen) atoms. The molecule has 1 aromatic rings. The fourth-order valence-corrected chi connectivity index (χ4v) is 6.69. The molecule has 1 aromatic carbocycles. The third-order valence-electron chi connectivity index (χ3n) is 5.02. The van der Waals surface area contributed by atoms with Gasteiger partial charge in [0.15, 0.2) is 0 Å². The maximum Gasteiger partial charge on any atom is 0.270 e. The third-order valence-corrected chi connectivity index (χ3v) is 8.31. The number of rotatable bonds is 5. The Balaban J connectivity index is 1.93. The predicted molar refractivity (Wildman–Crippen MR) is 103 cm³/mol. The molecule has 0 aromatic heterocycles. The monoisotopic (exact) mass is 399 g/mol. The molecule has 2 fully saturated rings. The molecule has 0 saturated carbocycles. The van der Waals surface area contributed by atoms with E-state index in [9.17, 15) is 18.5 Å². The summed E-state index contributed by atoms with van der Waals surface area (Å²) in [6, 6.07) is 3.99. The second kappa shape index (κ2) is 8.24. The summed E-state index contributed by atoms with van der Waals surface area (Å²) >= 11 is 1.79. The van der Waals surface area contributed by atoms with Crippen LogP contribution < -0.4 is 0 Å². The second-order valence-corrected chi connectivity index (χ2v) is 9.92. The van der Waals surface area contributed by atoms with Crippen LogP contribution in [0, 0.1) is 17.0 Å². The second-order valence-electron chi connectivity index (χ2n) is 6.91. The largest absolute Gasteiger partial charge is 0.302 e. The molecule has 1 atom stereocenters. The van der Waals surface area contributed by atoms with Crippen LogP contribution in [-0.4, -0.2) is 66.3 Å². The van der Waals surface area contributed by atoms with Crippen molar-refractivity contribution in [2.45, 2.75) is 37.1 Å². The summed E-state index contributed by atoms with van der Waals surface area (Å²) in [5.41, 5.74) is 0.363. The molecule has 0 amide bonds. The molecule has 3 rings (SSSR count). The van der Waals surface area contributed by atoms with Crippen molar-refractivity contribution in [3.63, 3.8) is 0 Å². The number of nitro benzene ring substituents is 1. The van der Waals surface area contributed by atoms with E-state index in [2.05, 4.69) is 4.90 Å². The highest BCUT2D eigenvalue weighted by atomic mass is 32.2. The van der Waals surface area contributed by atoms with Crippen molar-refractivity contribution < 1.29 is 13.3 Å². The number of hydrogen-bond acceptors (Lipinski definition) is 6. The van der Waals surface area contributed by atoms with Gasteiger partial charge in [-0.2, -0.15) is 16.1 Å². The van der Waals surface area contributed by atoms with Crippen LogP contribution in [0.1, 0.15) is 24.8 Å². The number of nitro groups is 1. The number of nitrogens with zero attached hydrogens (tertiary/aromatic N) is 3.